The lowest BCUT2D eigenvalue weighted by Crippen LogP contribution is -2.18. The van der Waals surface area contributed by atoms with E-state index < -0.39 is 0 Å². The fraction of sp³-hybridized carbons (Fsp3) is 0.438. The summed E-state index contributed by atoms with van der Waals surface area (Å²) >= 11 is 3.74. The molecule has 0 bridgehead atoms. The van der Waals surface area contributed by atoms with Crippen LogP contribution in [0.4, 0.5) is 10.8 Å². The molecule has 0 aliphatic rings. The van der Waals surface area contributed by atoms with Crippen LogP contribution in [-0.4, -0.2) is 37.2 Å². The lowest BCUT2D eigenvalue weighted by molar-refractivity contribution is 0.318. The summed E-state index contributed by atoms with van der Waals surface area (Å²) in [5.74, 6) is 0.771. The number of rotatable bonds is 7. The maximum Gasteiger partial charge on any atom is 0.181 e. The van der Waals surface area contributed by atoms with Crippen LogP contribution in [-0.2, 0) is 6.54 Å². The molecule has 3 aromatic heterocycles. The minimum absolute atomic E-state index is 0.771. The number of aromatic nitrogens is 4. The Hall–Kier alpha value is -1.26. The van der Waals surface area contributed by atoms with Crippen LogP contribution in [0.2, 0.25) is 0 Å². The Morgan fingerprint density at radius 3 is 3.04 bits per heavy atom. The molecule has 3 heterocycles. The zero-order valence-electron chi connectivity index (χ0n) is 14.1. The summed E-state index contributed by atoms with van der Waals surface area (Å²) in [6.07, 6.45) is 6.28. The fourth-order valence-electron chi connectivity index (χ4n) is 2.51. The Balaban J connectivity index is 1.75. The maximum atomic E-state index is 4.59. The largest absolute Gasteiger partial charge is 0.328 e. The summed E-state index contributed by atoms with van der Waals surface area (Å²) in [7, 11) is 2.14. The van der Waals surface area contributed by atoms with Crippen LogP contribution in [0.3, 0.4) is 0 Å². The van der Waals surface area contributed by atoms with E-state index in [0.717, 1.165) is 44.6 Å². The Labute approximate surface area is 159 Å². The first kappa shape index (κ1) is 17.6. The van der Waals surface area contributed by atoms with Gasteiger partial charge in [-0.3, -0.25) is 4.40 Å². The zero-order chi connectivity index (χ0) is 17.1. The van der Waals surface area contributed by atoms with E-state index in [0.29, 0.717) is 0 Å². The molecule has 0 aromatic carbocycles. The summed E-state index contributed by atoms with van der Waals surface area (Å²) in [5.41, 5.74) is 2.87. The molecule has 128 valence electrons. The third-order valence-electron chi connectivity index (χ3n) is 3.69. The van der Waals surface area contributed by atoms with Crippen molar-refractivity contribution in [2.45, 2.75) is 33.2 Å². The van der Waals surface area contributed by atoms with Gasteiger partial charge in [0.05, 0.1) is 17.6 Å². The molecule has 8 heteroatoms. The van der Waals surface area contributed by atoms with Gasteiger partial charge in [0.1, 0.15) is 8.70 Å². The number of anilines is 2. The number of halogens is 1. The minimum Gasteiger partial charge on any atom is -0.328 e. The van der Waals surface area contributed by atoms with Gasteiger partial charge in [0.2, 0.25) is 0 Å². The molecule has 0 atom stereocenters. The minimum atomic E-state index is 0.771. The molecule has 3 aromatic rings. The summed E-state index contributed by atoms with van der Waals surface area (Å²) < 4.78 is 7.66. The number of hydrogen-bond donors (Lipinski definition) is 1. The van der Waals surface area contributed by atoms with Crippen molar-refractivity contribution in [3.63, 3.8) is 0 Å². The number of nitrogens with zero attached hydrogens (tertiary/aromatic N) is 5. The highest BCUT2D eigenvalue weighted by molar-refractivity contribution is 14.1. The first-order valence-electron chi connectivity index (χ1n) is 7.98. The lowest BCUT2D eigenvalue weighted by Gasteiger charge is -2.13. The van der Waals surface area contributed by atoms with Crippen LogP contribution in [0.25, 0.3) is 5.65 Å². The van der Waals surface area contributed by atoms with Crippen LogP contribution in [0.15, 0.2) is 18.5 Å². The van der Waals surface area contributed by atoms with E-state index in [1.165, 1.54) is 24.4 Å². The Morgan fingerprint density at radius 2 is 2.25 bits per heavy atom. The van der Waals surface area contributed by atoms with Crippen LogP contribution >= 0.6 is 34.1 Å². The van der Waals surface area contributed by atoms with Crippen molar-refractivity contribution < 1.29 is 0 Å². The molecule has 0 fully saturated rings. The highest BCUT2D eigenvalue weighted by Crippen LogP contribution is 2.25. The Morgan fingerprint density at radius 1 is 1.42 bits per heavy atom. The third kappa shape index (κ3) is 4.04. The van der Waals surface area contributed by atoms with Crippen molar-refractivity contribution in [2.75, 3.05) is 18.9 Å². The van der Waals surface area contributed by atoms with E-state index >= 15 is 0 Å². The first-order chi connectivity index (χ1) is 11.6. The van der Waals surface area contributed by atoms with Gasteiger partial charge in [-0.2, -0.15) is 4.37 Å². The van der Waals surface area contributed by atoms with Gasteiger partial charge in [-0.1, -0.05) is 13.3 Å². The number of fused-ring (bicyclic) bond motifs is 1. The number of nitrogens with one attached hydrogen (secondary N) is 1. The summed E-state index contributed by atoms with van der Waals surface area (Å²) in [5, 5.41) is 4.37. The second-order valence-corrected chi connectivity index (χ2v) is 7.81. The van der Waals surface area contributed by atoms with Crippen molar-refractivity contribution in [3.05, 3.63) is 33.5 Å². The topological polar surface area (TPSA) is 58.4 Å². The molecule has 0 unspecified atom stereocenters. The standard InChI is InChI=1S/C16H21IN6S/c1-4-5-6-22(3)10-12-7-14(24-21-12)20-15-16-18-8-13(17)23(16)9-11(2)19-15/h7-9H,4-6,10H2,1-3H3,(H,19,20). The molecular weight excluding hydrogens is 435 g/mol. The molecule has 0 amide bonds. The van der Waals surface area contributed by atoms with Crippen LogP contribution in [0, 0.1) is 10.6 Å². The maximum absolute atomic E-state index is 4.59. The van der Waals surface area contributed by atoms with Gasteiger partial charge >= 0.3 is 0 Å². The summed E-state index contributed by atoms with van der Waals surface area (Å²) in [4.78, 5) is 11.4. The van der Waals surface area contributed by atoms with Crippen molar-refractivity contribution in [3.8, 4) is 0 Å². The highest BCUT2D eigenvalue weighted by Gasteiger charge is 2.11. The van der Waals surface area contributed by atoms with Gasteiger partial charge in [-0.25, -0.2) is 9.97 Å². The van der Waals surface area contributed by atoms with E-state index in [2.05, 4.69) is 67.2 Å². The molecule has 3 rings (SSSR count). The van der Waals surface area contributed by atoms with Gasteiger partial charge in [-0.15, -0.1) is 0 Å². The average Bonchev–Trinajstić information content (AvgIpc) is 3.13. The first-order valence-corrected chi connectivity index (χ1v) is 9.83. The second kappa shape index (κ2) is 7.75. The number of aryl methyl sites for hydroxylation is 1. The quantitative estimate of drug-likeness (QED) is 0.544. The van der Waals surface area contributed by atoms with Gasteiger partial charge in [0.15, 0.2) is 11.5 Å². The Bertz CT molecular complexity index is 827. The fourth-order valence-corrected chi connectivity index (χ4v) is 3.67. The molecule has 0 radical (unpaired) electrons. The van der Waals surface area contributed by atoms with Crippen LogP contribution < -0.4 is 5.32 Å². The zero-order valence-corrected chi connectivity index (χ0v) is 17.1. The molecule has 6 nitrogen and oxygen atoms in total. The van der Waals surface area contributed by atoms with Gasteiger partial charge in [0, 0.05) is 12.7 Å². The third-order valence-corrected chi connectivity index (χ3v) is 5.23. The number of unbranched alkanes of at least 4 members (excludes halogenated alkanes) is 1. The molecule has 0 saturated heterocycles. The lowest BCUT2D eigenvalue weighted by atomic mass is 10.3. The molecule has 0 saturated carbocycles. The van der Waals surface area contributed by atoms with Crippen molar-refractivity contribution in [2.24, 2.45) is 0 Å². The van der Waals surface area contributed by atoms with Gasteiger partial charge in [-0.05, 0) is 67.1 Å². The SMILES string of the molecule is CCCCN(C)Cc1cc(Nc2nc(C)cn3c(I)cnc23)sn1. The normalized spacial score (nSPS) is 11.5. The monoisotopic (exact) mass is 456 g/mol. The predicted octanol–water partition coefficient (Wildman–Crippen LogP) is 4.07. The predicted molar refractivity (Wildman–Crippen MR) is 107 cm³/mol. The number of imidazole rings is 1. The van der Waals surface area contributed by atoms with Crippen molar-refractivity contribution in [1.82, 2.24) is 23.6 Å². The van der Waals surface area contributed by atoms with E-state index in [9.17, 15) is 0 Å². The van der Waals surface area contributed by atoms with Gasteiger partial charge < -0.3 is 10.2 Å². The molecular formula is C16H21IN6S. The molecule has 1 N–H and O–H groups in total. The summed E-state index contributed by atoms with van der Waals surface area (Å²) in [6.45, 7) is 6.17. The Kier molecular flexibility index (Phi) is 5.67. The molecule has 0 aliphatic carbocycles. The van der Waals surface area contributed by atoms with E-state index in [-0.39, 0.29) is 0 Å². The van der Waals surface area contributed by atoms with Crippen LogP contribution in [0.5, 0.6) is 0 Å². The molecule has 0 aliphatic heterocycles. The molecule has 24 heavy (non-hydrogen) atoms. The second-order valence-electron chi connectivity index (χ2n) is 5.90. The average molecular weight is 456 g/mol. The van der Waals surface area contributed by atoms with E-state index in [1.807, 2.05) is 23.7 Å². The van der Waals surface area contributed by atoms with Crippen molar-refractivity contribution in [1.29, 1.82) is 0 Å². The highest BCUT2D eigenvalue weighted by atomic mass is 127. The van der Waals surface area contributed by atoms with E-state index in [4.69, 9.17) is 0 Å². The van der Waals surface area contributed by atoms with Crippen molar-refractivity contribution >= 4 is 50.6 Å². The van der Waals surface area contributed by atoms with Crippen LogP contribution in [0.1, 0.15) is 31.2 Å². The molecule has 0 spiro atoms. The smallest absolute Gasteiger partial charge is 0.181 e. The van der Waals surface area contributed by atoms with Gasteiger partial charge in [0.25, 0.3) is 0 Å². The number of hydrogen-bond acceptors (Lipinski definition) is 6. The summed E-state index contributed by atoms with van der Waals surface area (Å²) in [6, 6.07) is 2.10. The van der Waals surface area contributed by atoms with E-state index in [1.54, 1.807) is 0 Å².